The van der Waals surface area contributed by atoms with Crippen LogP contribution in [0.3, 0.4) is 0 Å². The summed E-state index contributed by atoms with van der Waals surface area (Å²) < 4.78 is 48.1. The lowest BCUT2D eigenvalue weighted by atomic mass is 9.95. The Morgan fingerprint density at radius 3 is 2.33 bits per heavy atom. The Hall–Kier alpha value is -3.63. The molecule has 0 heterocycles. The minimum absolute atomic E-state index is 0.0268. The van der Waals surface area contributed by atoms with E-state index in [-0.39, 0.29) is 29.1 Å². The van der Waals surface area contributed by atoms with Crippen molar-refractivity contribution in [2.24, 2.45) is 0 Å². The highest BCUT2D eigenvalue weighted by Crippen LogP contribution is 2.27. The maximum Gasteiger partial charge on any atom is 0.264 e. The SMILES string of the molecule is CCOc1ccc(S(=O)(=O)N(CC(=O)N(Cc2cccc(Cl)c2)[C@@H](C)C(=O)NC2CCCCC2)c2ccc(F)cc2)cc1. The largest absolute Gasteiger partial charge is 0.494 e. The van der Waals surface area contributed by atoms with Gasteiger partial charge in [0.1, 0.15) is 24.2 Å². The normalized spacial score (nSPS) is 14.5. The second kappa shape index (κ2) is 14.7. The molecule has 2 amide bonds. The van der Waals surface area contributed by atoms with E-state index in [9.17, 15) is 22.4 Å². The molecule has 0 radical (unpaired) electrons. The van der Waals surface area contributed by atoms with Crippen molar-refractivity contribution in [2.75, 3.05) is 17.5 Å². The highest BCUT2D eigenvalue weighted by Gasteiger charge is 2.33. The summed E-state index contributed by atoms with van der Waals surface area (Å²) in [4.78, 5) is 28.7. The zero-order valence-electron chi connectivity index (χ0n) is 24.3. The Labute approximate surface area is 257 Å². The number of halogens is 2. The fourth-order valence-corrected chi connectivity index (χ4v) is 6.75. The fourth-order valence-electron chi connectivity index (χ4n) is 5.12. The zero-order valence-corrected chi connectivity index (χ0v) is 25.9. The highest BCUT2D eigenvalue weighted by atomic mass is 35.5. The quantitative estimate of drug-likeness (QED) is 0.268. The van der Waals surface area contributed by atoms with Crippen molar-refractivity contribution in [3.63, 3.8) is 0 Å². The van der Waals surface area contributed by atoms with Gasteiger partial charge < -0.3 is 15.0 Å². The van der Waals surface area contributed by atoms with E-state index in [1.54, 1.807) is 31.2 Å². The van der Waals surface area contributed by atoms with Crippen molar-refractivity contribution in [3.05, 3.63) is 89.2 Å². The number of hydrogen-bond acceptors (Lipinski definition) is 5. The summed E-state index contributed by atoms with van der Waals surface area (Å²) in [5.74, 6) is -0.976. The van der Waals surface area contributed by atoms with Crippen LogP contribution >= 0.6 is 11.6 Å². The number of nitrogens with zero attached hydrogens (tertiary/aromatic N) is 2. The third kappa shape index (κ3) is 8.48. The number of amides is 2. The summed E-state index contributed by atoms with van der Waals surface area (Å²) in [6.07, 6.45) is 4.93. The topological polar surface area (TPSA) is 96.0 Å². The van der Waals surface area contributed by atoms with Crippen LogP contribution in [0.2, 0.25) is 5.02 Å². The van der Waals surface area contributed by atoms with Gasteiger partial charge in [-0.15, -0.1) is 0 Å². The molecule has 1 aliphatic carbocycles. The number of carbonyl (C=O) groups excluding carboxylic acids is 2. The van der Waals surface area contributed by atoms with Gasteiger partial charge in [-0.3, -0.25) is 13.9 Å². The fraction of sp³-hybridized carbons (Fsp3) is 0.375. The Kier molecular flexibility index (Phi) is 11.0. The first-order valence-corrected chi connectivity index (χ1v) is 16.3. The van der Waals surface area contributed by atoms with Crippen LogP contribution in [0, 0.1) is 5.82 Å². The lowest BCUT2D eigenvalue weighted by Crippen LogP contribution is -2.53. The van der Waals surface area contributed by atoms with Crippen molar-refractivity contribution < 1.29 is 27.1 Å². The summed E-state index contributed by atoms with van der Waals surface area (Å²) in [5.41, 5.74) is 0.784. The molecule has 1 fully saturated rings. The number of rotatable bonds is 12. The lowest BCUT2D eigenvalue weighted by molar-refractivity contribution is -0.139. The molecule has 1 N–H and O–H groups in total. The van der Waals surface area contributed by atoms with E-state index < -0.39 is 34.3 Å². The molecular weight excluding hydrogens is 593 g/mol. The van der Waals surface area contributed by atoms with Crippen LogP contribution in [0.15, 0.2) is 77.7 Å². The van der Waals surface area contributed by atoms with Crippen molar-refractivity contribution in [1.82, 2.24) is 10.2 Å². The number of hydrogen-bond donors (Lipinski definition) is 1. The van der Waals surface area contributed by atoms with Crippen molar-refractivity contribution in [3.8, 4) is 5.75 Å². The minimum Gasteiger partial charge on any atom is -0.494 e. The van der Waals surface area contributed by atoms with Crippen molar-refractivity contribution >= 4 is 39.1 Å². The first-order valence-electron chi connectivity index (χ1n) is 14.4. The molecule has 1 saturated carbocycles. The number of nitrogens with one attached hydrogen (secondary N) is 1. The lowest BCUT2D eigenvalue weighted by Gasteiger charge is -2.33. The molecule has 0 saturated heterocycles. The summed E-state index contributed by atoms with van der Waals surface area (Å²) in [6.45, 7) is 3.26. The molecule has 1 aliphatic rings. The second-order valence-electron chi connectivity index (χ2n) is 10.6. The number of ether oxygens (including phenoxy) is 1. The average Bonchev–Trinajstić information content (AvgIpc) is 2.99. The van der Waals surface area contributed by atoms with Crippen LogP contribution in [0.25, 0.3) is 0 Å². The average molecular weight is 630 g/mol. The molecule has 0 aromatic heterocycles. The van der Waals surface area contributed by atoms with E-state index in [1.165, 1.54) is 41.3 Å². The molecular formula is C32H37ClFN3O5S. The van der Waals surface area contributed by atoms with Gasteiger partial charge in [0.2, 0.25) is 11.8 Å². The first-order chi connectivity index (χ1) is 20.6. The minimum atomic E-state index is -4.29. The van der Waals surface area contributed by atoms with Crippen LogP contribution in [0.4, 0.5) is 10.1 Å². The second-order valence-corrected chi connectivity index (χ2v) is 12.9. The molecule has 4 rings (SSSR count). The third-order valence-corrected chi connectivity index (χ3v) is 9.50. The summed E-state index contributed by atoms with van der Waals surface area (Å²) in [6, 6.07) is 16.8. The number of anilines is 1. The molecule has 3 aromatic rings. The molecule has 1 atom stereocenters. The van der Waals surface area contributed by atoms with Gasteiger partial charge in [0, 0.05) is 17.6 Å². The van der Waals surface area contributed by atoms with E-state index in [0.29, 0.717) is 22.9 Å². The number of sulfonamides is 1. The van der Waals surface area contributed by atoms with Crippen LogP contribution in [-0.4, -0.2) is 50.4 Å². The monoisotopic (exact) mass is 629 g/mol. The van der Waals surface area contributed by atoms with Crippen molar-refractivity contribution in [1.29, 1.82) is 0 Å². The van der Waals surface area contributed by atoms with Gasteiger partial charge in [-0.25, -0.2) is 12.8 Å². The van der Waals surface area contributed by atoms with E-state index >= 15 is 0 Å². The van der Waals surface area contributed by atoms with Crippen LogP contribution < -0.4 is 14.4 Å². The zero-order chi connectivity index (χ0) is 31.0. The van der Waals surface area contributed by atoms with Gasteiger partial charge in [0.25, 0.3) is 10.0 Å². The summed E-state index contributed by atoms with van der Waals surface area (Å²) in [5, 5.41) is 3.54. The Bertz CT molecular complexity index is 1500. The van der Waals surface area contributed by atoms with Crippen LogP contribution in [0.1, 0.15) is 51.5 Å². The van der Waals surface area contributed by atoms with Gasteiger partial charge in [-0.1, -0.05) is 43.0 Å². The highest BCUT2D eigenvalue weighted by molar-refractivity contribution is 7.92. The summed E-state index contributed by atoms with van der Waals surface area (Å²) in [7, 11) is -4.29. The van der Waals surface area contributed by atoms with E-state index in [1.807, 2.05) is 6.92 Å². The molecule has 0 aliphatic heterocycles. The smallest absolute Gasteiger partial charge is 0.264 e. The Morgan fingerprint density at radius 1 is 1.02 bits per heavy atom. The van der Waals surface area contributed by atoms with E-state index in [0.717, 1.165) is 48.5 Å². The van der Waals surface area contributed by atoms with Crippen molar-refractivity contribution in [2.45, 2.75) is 69.5 Å². The number of benzene rings is 3. The van der Waals surface area contributed by atoms with Gasteiger partial charge in [0.05, 0.1) is 17.2 Å². The first kappa shape index (κ1) is 32.3. The Morgan fingerprint density at radius 2 is 1.70 bits per heavy atom. The Balaban J connectivity index is 1.67. The van der Waals surface area contributed by atoms with E-state index in [2.05, 4.69) is 5.32 Å². The molecule has 0 spiro atoms. The van der Waals surface area contributed by atoms with Crippen LogP contribution in [0.5, 0.6) is 5.75 Å². The molecule has 8 nitrogen and oxygen atoms in total. The molecule has 3 aromatic carbocycles. The molecule has 0 bridgehead atoms. The van der Waals surface area contributed by atoms with Gasteiger partial charge >= 0.3 is 0 Å². The van der Waals surface area contributed by atoms with Crippen LogP contribution in [-0.2, 0) is 26.2 Å². The van der Waals surface area contributed by atoms with Gasteiger partial charge in [-0.2, -0.15) is 0 Å². The predicted octanol–water partition coefficient (Wildman–Crippen LogP) is 5.94. The third-order valence-electron chi connectivity index (χ3n) is 7.48. The predicted molar refractivity (Wildman–Crippen MR) is 165 cm³/mol. The molecule has 0 unspecified atom stereocenters. The maximum atomic E-state index is 14.1. The maximum absolute atomic E-state index is 14.1. The molecule has 11 heteroatoms. The van der Waals surface area contributed by atoms with Gasteiger partial charge in [-0.05, 0) is 92.9 Å². The number of carbonyl (C=O) groups is 2. The van der Waals surface area contributed by atoms with Gasteiger partial charge in [0.15, 0.2) is 0 Å². The van der Waals surface area contributed by atoms with E-state index in [4.69, 9.17) is 16.3 Å². The summed E-state index contributed by atoms with van der Waals surface area (Å²) >= 11 is 6.20. The molecule has 230 valence electrons. The standard InChI is InChI=1S/C32H37ClFN3O5S/c1-3-42-29-16-18-30(19-17-29)43(40,41)37(28-14-12-26(34)13-15-28)22-31(38)36(21-24-8-7-9-25(33)20-24)23(2)32(39)35-27-10-5-4-6-11-27/h7-9,12-20,23,27H,3-6,10-11,21-22H2,1-2H3,(H,35,39)/t23-/m0/s1. The molecule has 43 heavy (non-hydrogen) atoms.